The van der Waals surface area contributed by atoms with E-state index in [4.69, 9.17) is 22.1 Å². The van der Waals surface area contributed by atoms with Gasteiger partial charge in [0.15, 0.2) is 6.61 Å². The first-order valence-corrected chi connectivity index (χ1v) is 11.9. The molecule has 0 aliphatic carbocycles. The van der Waals surface area contributed by atoms with Gasteiger partial charge in [-0.2, -0.15) is 0 Å². The highest BCUT2D eigenvalue weighted by molar-refractivity contribution is 6.31. The smallest absolute Gasteiger partial charge is 0.314 e. The Morgan fingerprint density at radius 2 is 1.83 bits per heavy atom. The molecule has 3 rings (SSSR count). The highest BCUT2D eigenvalue weighted by Gasteiger charge is 2.32. The number of hydrogen-bond acceptors (Lipinski definition) is 5. The number of carbonyl (C=O) groups is 3. The van der Waals surface area contributed by atoms with E-state index in [1.165, 1.54) is 25.2 Å². The van der Waals surface area contributed by atoms with Crippen LogP contribution in [0.3, 0.4) is 0 Å². The maximum atomic E-state index is 13.2. The van der Waals surface area contributed by atoms with Gasteiger partial charge in [0.2, 0.25) is 5.91 Å². The van der Waals surface area contributed by atoms with E-state index in [0.717, 1.165) is 10.5 Å². The molecule has 4 amide bonds. The van der Waals surface area contributed by atoms with Crippen LogP contribution in [0.2, 0.25) is 5.02 Å². The summed E-state index contributed by atoms with van der Waals surface area (Å²) in [6, 6.07) is 10.4. The first-order valence-electron chi connectivity index (χ1n) is 11.5. The normalized spacial score (nSPS) is 18.0. The summed E-state index contributed by atoms with van der Waals surface area (Å²) >= 11 is 6.07. The lowest BCUT2D eigenvalue weighted by molar-refractivity contribution is -0.139. The molecular weight excluding hydrogens is 489 g/mol. The maximum absolute atomic E-state index is 13.2. The predicted octanol–water partition coefficient (Wildman–Crippen LogP) is 2.93. The van der Waals surface area contributed by atoms with Gasteiger partial charge in [0, 0.05) is 43.8 Å². The predicted molar refractivity (Wildman–Crippen MR) is 135 cm³/mol. The third-order valence-electron chi connectivity index (χ3n) is 6.06. The lowest BCUT2D eigenvalue weighted by atomic mass is 10.1. The molecular formula is C25H31ClFN5O4. The Labute approximate surface area is 214 Å². The van der Waals surface area contributed by atoms with E-state index < -0.39 is 11.9 Å². The molecule has 2 aromatic carbocycles. The first-order chi connectivity index (χ1) is 17.0. The van der Waals surface area contributed by atoms with Crippen LogP contribution < -0.4 is 15.8 Å². The Hall–Kier alpha value is -3.37. The number of carbonyl (C=O) groups excluding carboxylic acids is 3. The lowest BCUT2D eigenvalue weighted by Crippen LogP contribution is -2.58. The largest absolute Gasteiger partial charge is 0.482 e. The number of piperazine rings is 1. The van der Waals surface area contributed by atoms with Gasteiger partial charge in [0.05, 0.1) is 5.69 Å². The number of rotatable bonds is 8. The van der Waals surface area contributed by atoms with Crippen molar-refractivity contribution in [3.8, 4) is 5.75 Å². The third kappa shape index (κ3) is 7.32. The van der Waals surface area contributed by atoms with E-state index in [1.54, 1.807) is 29.2 Å². The van der Waals surface area contributed by atoms with Crippen LogP contribution in [0.15, 0.2) is 42.5 Å². The monoisotopic (exact) mass is 519 g/mol. The van der Waals surface area contributed by atoms with E-state index in [9.17, 15) is 18.8 Å². The molecule has 3 N–H and O–H groups in total. The molecule has 0 bridgehead atoms. The summed E-state index contributed by atoms with van der Waals surface area (Å²) in [5.74, 6) is -0.665. The van der Waals surface area contributed by atoms with E-state index in [0.29, 0.717) is 24.7 Å². The fourth-order valence-corrected chi connectivity index (χ4v) is 4.19. The Kier molecular flexibility index (Phi) is 9.11. The zero-order chi connectivity index (χ0) is 26.4. The summed E-state index contributed by atoms with van der Waals surface area (Å²) in [4.78, 5) is 41.6. The van der Waals surface area contributed by atoms with Crippen molar-refractivity contribution in [3.05, 3.63) is 58.9 Å². The number of primary amides is 1. The minimum Gasteiger partial charge on any atom is -0.482 e. The minimum atomic E-state index is -0.737. The molecule has 36 heavy (non-hydrogen) atoms. The molecule has 2 aromatic rings. The highest BCUT2D eigenvalue weighted by atomic mass is 35.5. The van der Waals surface area contributed by atoms with Gasteiger partial charge in [0.1, 0.15) is 18.1 Å². The fraction of sp³-hybridized carbons (Fsp3) is 0.400. The molecule has 2 atom stereocenters. The van der Waals surface area contributed by atoms with Gasteiger partial charge >= 0.3 is 6.03 Å². The van der Waals surface area contributed by atoms with Crippen LogP contribution >= 0.6 is 11.6 Å². The van der Waals surface area contributed by atoms with Crippen molar-refractivity contribution in [2.75, 3.05) is 38.6 Å². The Balaban J connectivity index is 1.59. The summed E-state index contributed by atoms with van der Waals surface area (Å²) in [5.41, 5.74) is 6.45. The topological polar surface area (TPSA) is 108 Å². The lowest BCUT2D eigenvalue weighted by Gasteiger charge is -2.44. The van der Waals surface area contributed by atoms with Crippen molar-refractivity contribution in [3.63, 3.8) is 0 Å². The number of likely N-dealkylation sites (N-methyl/N-ethyl adjacent to an activating group) is 1. The number of nitrogens with two attached hydrogens (primary N) is 1. The number of nitrogens with one attached hydrogen (secondary N) is 1. The Morgan fingerprint density at radius 1 is 1.14 bits per heavy atom. The van der Waals surface area contributed by atoms with Gasteiger partial charge in [-0.1, -0.05) is 23.7 Å². The van der Waals surface area contributed by atoms with Crippen LogP contribution in [0.25, 0.3) is 0 Å². The molecule has 1 fully saturated rings. The number of halogens is 2. The Bertz CT molecular complexity index is 1100. The molecule has 2 unspecified atom stereocenters. The molecule has 1 heterocycles. The summed E-state index contributed by atoms with van der Waals surface area (Å²) in [7, 11) is 1.40. The van der Waals surface area contributed by atoms with Gasteiger partial charge in [0.25, 0.3) is 5.91 Å². The van der Waals surface area contributed by atoms with E-state index in [1.807, 2.05) is 13.8 Å². The van der Waals surface area contributed by atoms with Crippen molar-refractivity contribution < 1.29 is 23.5 Å². The third-order valence-corrected chi connectivity index (χ3v) is 6.29. The second-order valence-electron chi connectivity index (χ2n) is 8.97. The number of amides is 4. The van der Waals surface area contributed by atoms with E-state index >= 15 is 0 Å². The SMILES string of the molecule is CC1CN(C(=O)COc2ccc(Cl)cc2NC(=O)CN(C)C(N)=O)C(C)CN1Cc1ccc(F)cc1. The molecule has 1 aliphatic rings. The molecule has 11 heteroatoms. The van der Waals surface area contributed by atoms with Crippen molar-refractivity contribution in [1.29, 1.82) is 0 Å². The second kappa shape index (κ2) is 12.0. The van der Waals surface area contributed by atoms with Crippen molar-refractivity contribution in [1.82, 2.24) is 14.7 Å². The van der Waals surface area contributed by atoms with Gasteiger partial charge in [-0.05, 0) is 49.7 Å². The van der Waals surface area contributed by atoms with Gasteiger partial charge in [-0.15, -0.1) is 0 Å². The number of benzene rings is 2. The summed E-state index contributed by atoms with van der Waals surface area (Å²) in [6.45, 7) is 5.41. The average molecular weight is 520 g/mol. The summed E-state index contributed by atoms with van der Waals surface area (Å²) in [6.07, 6.45) is 0. The van der Waals surface area contributed by atoms with Crippen LogP contribution in [0, 0.1) is 5.82 Å². The quantitative estimate of drug-likeness (QED) is 0.557. The van der Waals surface area contributed by atoms with Crippen molar-refractivity contribution in [2.45, 2.75) is 32.5 Å². The van der Waals surface area contributed by atoms with Crippen LogP contribution in [0.4, 0.5) is 14.9 Å². The molecule has 194 valence electrons. The highest BCUT2D eigenvalue weighted by Crippen LogP contribution is 2.28. The van der Waals surface area contributed by atoms with Crippen LogP contribution in [-0.2, 0) is 16.1 Å². The summed E-state index contributed by atoms with van der Waals surface area (Å²) in [5, 5.41) is 3.00. The fourth-order valence-electron chi connectivity index (χ4n) is 4.02. The van der Waals surface area contributed by atoms with Gasteiger partial charge in [-0.25, -0.2) is 9.18 Å². The van der Waals surface area contributed by atoms with Crippen molar-refractivity contribution >= 4 is 35.1 Å². The van der Waals surface area contributed by atoms with Crippen LogP contribution in [0.1, 0.15) is 19.4 Å². The van der Waals surface area contributed by atoms with Crippen LogP contribution in [0.5, 0.6) is 5.75 Å². The molecule has 0 saturated carbocycles. The number of nitrogens with zero attached hydrogens (tertiary/aromatic N) is 3. The zero-order valence-corrected chi connectivity index (χ0v) is 21.3. The molecule has 0 aromatic heterocycles. The average Bonchev–Trinajstić information content (AvgIpc) is 2.81. The van der Waals surface area contributed by atoms with E-state index in [-0.39, 0.29) is 48.4 Å². The maximum Gasteiger partial charge on any atom is 0.314 e. The van der Waals surface area contributed by atoms with E-state index in [2.05, 4.69) is 10.2 Å². The van der Waals surface area contributed by atoms with Crippen LogP contribution in [-0.4, -0.2) is 77.9 Å². The zero-order valence-electron chi connectivity index (χ0n) is 20.5. The molecule has 0 spiro atoms. The first kappa shape index (κ1) is 27.2. The van der Waals surface area contributed by atoms with Gasteiger partial charge < -0.3 is 25.6 Å². The molecule has 9 nitrogen and oxygen atoms in total. The number of anilines is 1. The second-order valence-corrected chi connectivity index (χ2v) is 9.41. The Morgan fingerprint density at radius 3 is 2.50 bits per heavy atom. The van der Waals surface area contributed by atoms with Crippen molar-refractivity contribution in [2.24, 2.45) is 5.73 Å². The number of ether oxygens (including phenoxy) is 1. The minimum absolute atomic E-state index is 0.0496. The standard InChI is InChI=1S/C25H31ClFN5O4/c1-16-12-32(17(2)11-31(16)13-18-4-7-20(27)8-5-18)24(34)15-36-22-9-6-19(26)10-21(22)29-23(33)14-30(3)25(28)35/h4-10,16-17H,11-15H2,1-3H3,(H2,28,35)(H,29,33). The molecule has 1 saturated heterocycles. The number of urea groups is 1. The number of hydrogen-bond donors (Lipinski definition) is 2. The molecule has 0 radical (unpaired) electrons. The molecule has 1 aliphatic heterocycles. The van der Waals surface area contributed by atoms with Gasteiger partial charge in [-0.3, -0.25) is 14.5 Å². The summed E-state index contributed by atoms with van der Waals surface area (Å²) < 4.78 is 19.0.